The topological polar surface area (TPSA) is 35.5 Å². The van der Waals surface area contributed by atoms with Crippen molar-refractivity contribution in [2.75, 3.05) is 13.2 Å². The molecule has 0 N–H and O–H groups in total. The van der Waals surface area contributed by atoms with Gasteiger partial charge in [-0.1, -0.05) is 15.9 Å². The van der Waals surface area contributed by atoms with Crippen LogP contribution in [0.5, 0.6) is 0 Å². The Bertz CT molecular complexity index is 213. The van der Waals surface area contributed by atoms with Gasteiger partial charge in [-0.25, -0.2) is 0 Å². The third-order valence-corrected chi connectivity index (χ3v) is 2.51. The van der Waals surface area contributed by atoms with Gasteiger partial charge in [0.25, 0.3) is 0 Å². The molecule has 0 amide bonds. The second-order valence-corrected chi connectivity index (χ2v) is 3.26. The van der Waals surface area contributed by atoms with Crippen molar-refractivity contribution in [1.82, 2.24) is 0 Å². The predicted octanol–water partition coefficient (Wildman–Crippen LogP) is 2.01. The van der Waals surface area contributed by atoms with Gasteiger partial charge in [-0.3, -0.25) is 4.79 Å². The summed E-state index contributed by atoms with van der Waals surface area (Å²) in [5.41, 5.74) is 1.13. The average molecular weight is 249 g/mol. The van der Waals surface area contributed by atoms with E-state index in [2.05, 4.69) is 15.9 Å². The van der Waals surface area contributed by atoms with Crippen LogP contribution in [0.4, 0.5) is 0 Å². The zero-order valence-electron chi connectivity index (χ0n) is 7.59. The van der Waals surface area contributed by atoms with Crippen molar-refractivity contribution in [2.24, 2.45) is 0 Å². The van der Waals surface area contributed by atoms with Gasteiger partial charge in [0.05, 0.1) is 25.7 Å². The van der Waals surface area contributed by atoms with Crippen LogP contribution in [0.1, 0.15) is 19.8 Å². The van der Waals surface area contributed by atoms with Crippen LogP contribution in [0.15, 0.2) is 10.6 Å². The van der Waals surface area contributed by atoms with E-state index in [4.69, 9.17) is 9.47 Å². The molecule has 3 nitrogen and oxygen atoms in total. The molecule has 1 saturated heterocycles. The third-order valence-electron chi connectivity index (χ3n) is 1.92. The van der Waals surface area contributed by atoms with Crippen LogP contribution < -0.4 is 0 Å². The average Bonchev–Trinajstić information content (AvgIpc) is 2.52. The van der Waals surface area contributed by atoms with Crippen molar-refractivity contribution in [3.8, 4) is 0 Å². The minimum absolute atomic E-state index is 0.0848. The second kappa shape index (κ2) is 5.40. The van der Waals surface area contributed by atoms with Crippen LogP contribution in [0, 0.1) is 0 Å². The molecule has 0 radical (unpaired) electrons. The van der Waals surface area contributed by atoms with Crippen LogP contribution in [0.3, 0.4) is 0 Å². The lowest BCUT2D eigenvalue weighted by Crippen LogP contribution is -2.16. The first-order chi connectivity index (χ1) is 6.27. The molecule has 1 fully saturated rings. The quantitative estimate of drug-likeness (QED) is 0.717. The Balaban J connectivity index is 2.40. The Kier molecular flexibility index (Phi) is 4.45. The Hall–Kier alpha value is -0.350. The van der Waals surface area contributed by atoms with Gasteiger partial charge >= 0.3 is 5.97 Å². The fraction of sp³-hybridized carbons (Fsp3) is 0.667. The number of esters is 1. The monoisotopic (exact) mass is 248 g/mol. The summed E-state index contributed by atoms with van der Waals surface area (Å²) in [5.74, 6) is -0.193. The molecule has 0 aromatic carbocycles. The highest BCUT2D eigenvalue weighted by Gasteiger charge is 2.24. The highest BCUT2D eigenvalue weighted by molar-refractivity contribution is 9.11. The van der Waals surface area contributed by atoms with Crippen LogP contribution in [0.25, 0.3) is 0 Å². The summed E-state index contributed by atoms with van der Waals surface area (Å²) in [7, 11) is 0. The summed E-state index contributed by atoms with van der Waals surface area (Å²) >= 11 is 3.25. The highest BCUT2D eigenvalue weighted by atomic mass is 79.9. The molecule has 4 heteroatoms. The molecule has 0 aromatic heterocycles. The summed E-state index contributed by atoms with van der Waals surface area (Å²) in [6.07, 6.45) is 1.14. The number of hydrogen-bond acceptors (Lipinski definition) is 3. The normalized spacial score (nSPS) is 25.1. The number of rotatable bonds is 3. The second-order valence-electron chi connectivity index (χ2n) is 2.80. The number of hydrogen-bond donors (Lipinski definition) is 0. The van der Waals surface area contributed by atoms with Crippen molar-refractivity contribution in [3.05, 3.63) is 10.6 Å². The van der Waals surface area contributed by atoms with Gasteiger partial charge in [0.2, 0.25) is 0 Å². The van der Waals surface area contributed by atoms with Crippen molar-refractivity contribution in [1.29, 1.82) is 0 Å². The molecule has 1 atom stereocenters. The highest BCUT2D eigenvalue weighted by Crippen LogP contribution is 2.23. The van der Waals surface area contributed by atoms with Gasteiger partial charge in [0.15, 0.2) is 0 Å². The molecule has 1 unspecified atom stereocenters. The first kappa shape index (κ1) is 10.7. The Labute approximate surface area is 86.2 Å². The van der Waals surface area contributed by atoms with Crippen molar-refractivity contribution < 1.29 is 14.3 Å². The molecule has 13 heavy (non-hydrogen) atoms. The molecule has 1 rings (SSSR count). The van der Waals surface area contributed by atoms with Crippen LogP contribution in [0.2, 0.25) is 0 Å². The van der Waals surface area contributed by atoms with E-state index in [1.165, 1.54) is 0 Å². The molecule has 0 saturated carbocycles. The van der Waals surface area contributed by atoms with E-state index in [0.29, 0.717) is 19.6 Å². The zero-order chi connectivity index (χ0) is 9.68. The first-order valence-corrected chi connectivity index (χ1v) is 5.26. The van der Waals surface area contributed by atoms with Gasteiger partial charge in [0, 0.05) is 0 Å². The fourth-order valence-electron chi connectivity index (χ4n) is 1.27. The van der Waals surface area contributed by atoms with E-state index in [1.54, 1.807) is 6.92 Å². The number of halogens is 1. The Morgan fingerprint density at radius 1 is 1.85 bits per heavy atom. The van der Waals surface area contributed by atoms with Crippen molar-refractivity contribution in [3.63, 3.8) is 0 Å². The summed E-state index contributed by atoms with van der Waals surface area (Å²) in [5, 5.41) is 0. The Morgan fingerprint density at radius 3 is 3.23 bits per heavy atom. The molecule has 0 bridgehead atoms. The predicted molar refractivity (Wildman–Crippen MR) is 52.6 cm³/mol. The minimum atomic E-state index is -0.193. The molecule has 0 spiro atoms. The maximum absolute atomic E-state index is 11.1. The zero-order valence-corrected chi connectivity index (χ0v) is 9.17. The van der Waals surface area contributed by atoms with Gasteiger partial charge in [-0.2, -0.15) is 0 Å². The van der Waals surface area contributed by atoms with Gasteiger partial charge < -0.3 is 9.47 Å². The maximum Gasteiger partial charge on any atom is 0.308 e. The molecule has 74 valence electrons. The fourth-order valence-corrected chi connectivity index (χ4v) is 1.80. The third kappa shape index (κ3) is 3.12. The molecule has 0 aliphatic carbocycles. The summed E-state index contributed by atoms with van der Waals surface area (Å²) < 4.78 is 10.2. The van der Waals surface area contributed by atoms with E-state index >= 15 is 0 Å². The van der Waals surface area contributed by atoms with Gasteiger partial charge in [0.1, 0.15) is 0 Å². The lowest BCUT2D eigenvalue weighted by molar-refractivity contribution is -0.145. The summed E-state index contributed by atoms with van der Waals surface area (Å²) in [6, 6.07) is 0. The molecule has 1 aliphatic rings. The number of ether oxygens (including phenoxy) is 2. The SMILES string of the molecule is CCOC(=O)CC1OCC/C1=C/Br. The summed E-state index contributed by atoms with van der Waals surface area (Å²) in [6.45, 7) is 2.93. The largest absolute Gasteiger partial charge is 0.466 e. The smallest absolute Gasteiger partial charge is 0.308 e. The first-order valence-electron chi connectivity index (χ1n) is 4.34. The van der Waals surface area contributed by atoms with Crippen LogP contribution in [-0.2, 0) is 14.3 Å². The lowest BCUT2D eigenvalue weighted by atomic mass is 10.1. The molecule has 0 aromatic rings. The van der Waals surface area contributed by atoms with E-state index in [0.717, 1.165) is 12.0 Å². The number of carbonyl (C=O) groups excluding carboxylic acids is 1. The maximum atomic E-state index is 11.1. The lowest BCUT2D eigenvalue weighted by Gasteiger charge is -2.09. The molecular weight excluding hydrogens is 236 g/mol. The Morgan fingerprint density at radius 2 is 2.62 bits per heavy atom. The van der Waals surface area contributed by atoms with Gasteiger partial charge in [-0.15, -0.1) is 0 Å². The van der Waals surface area contributed by atoms with Crippen molar-refractivity contribution in [2.45, 2.75) is 25.9 Å². The minimum Gasteiger partial charge on any atom is -0.466 e. The van der Waals surface area contributed by atoms with E-state index < -0.39 is 0 Å². The molecule has 1 aliphatic heterocycles. The summed E-state index contributed by atoms with van der Waals surface area (Å²) in [4.78, 5) is 13.0. The van der Waals surface area contributed by atoms with Crippen molar-refractivity contribution >= 4 is 21.9 Å². The van der Waals surface area contributed by atoms with Crippen LogP contribution >= 0.6 is 15.9 Å². The van der Waals surface area contributed by atoms with E-state index in [9.17, 15) is 4.79 Å². The molecule has 1 heterocycles. The molecular formula is C9H13BrO3. The van der Waals surface area contributed by atoms with E-state index in [1.807, 2.05) is 4.99 Å². The van der Waals surface area contributed by atoms with Gasteiger partial charge in [-0.05, 0) is 23.9 Å². The number of carbonyl (C=O) groups is 1. The standard InChI is InChI=1S/C9H13BrO3/c1-2-12-9(11)5-8-7(6-10)3-4-13-8/h6,8H,2-5H2,1H3/b7-6-. The van der Waals surface area contributed by atoms with E-state index in [-0.39, 0.29) is 12.1 Å². The van der Waals surface area contributed by atoms with Crippen LogP contribution in [-0.4, -0.2) is 25.3 Å².